The number of phenolic OH excluding ortho intramolecular Hbond substituents is 1. The van der Waals surface area contributed by atoms with Gasteiger partial charge in [0.05, 0.1) is 38.1 Å². The van der Waals surface area contributed by atoms with Crippen LogP contribution in [0.3, 0.4) is 0 Å². The highest BCUT2D eigenvalue weighted by Crippen LogP contribution is 2.60. The highest BCUT2D eigenvalue weighted by atomic mass is 16.8. The number of carbonyl (C=O) groups is 1. The second-order valence-corrected chi connectivity index (χ2v) is 9.18. The van der Waals surface area contributed by atoms with Gasteiger partial charge in [-0.25, -0.2) is 4.79 Å². The Morgan fingerprint density at radius 1 is 1.11 bits per heavy atom. The lowest BCUT2D eigenvalue weighted by Crippen LogP contribution is -2.60. The van der Waals surface area contributed by atoms with Crippen molar-refractivity contribution in [3.05, 3.63) is 36.1 Å². The second kappa shape index (κ2) is 9.43. The summed E-state index contributed by atoms with van der Waals surface area (Å²) in [6.07, 6.45) is -7.19. The molecule has 0 amide bonds. The number of aliphatic hydroxyl groups excluding tert-OH is 5. The first-order valence-electron chi connectivity index (χ1n) is 11.4. The van der Waals surface area contributed by atoms with Gasteiger partial charge in [0, 0.05) is 5.92 Å². The van der Waals surface area contributed by atoms with E-state index in [0.717, 1.165) is 0 Å². The maximum absolute atomic E-state index is 12.9. The third-order valence-corrected chi connectivity index (χ3v) is 7.26. The molecular formula is C23H28O13. The van der Waals surface area contributed by atoms with Crippen LogP contribution in [0.4, 0.5) is 0 Å². The molecule has 13 heteroatoms. The van der Waals surface area contributed by atoms with Gasteiger partial charge in [-0.3, -0.25) is 0 Å². The summed E-state index contributed by atoms with van der Waals surface area (Å²) in [5, 5.41) is 59.8. The molecule has 0 unspecified atom stereocenters. The lowest BCUT2D eigenvalue weighted by molar-refractivity contribution is -0.344. The molecule has 6 N–H and O–H groups in total. The molecule has 198 valence electrons. The van der Waals surface area contributed by atoms with Gasteiger partial charge < -0.3 is 59.1 Å². The van der Waals surface area contributed by atoms with E-state index in [4.69, 9.17) is 28.4 Å². The van der Waals surface area contributed by atoms with Crippen LogP contribution >= 0.6 is 0 Å². The summed E-state index contributed by atoms with van der Waals surface area (Å²) in [6.45, 7) is -1.07. The van der Waals surface area contributed by atoms with Crippen molar-refractivity contribution in [1.29, 1.82) is 0 Å². The van der Waals surface area contributed by atoms with Crippen molar-refractivity contribution < 1.29 is 63.9 Å². The largest absolute Gasteiger partial charge is 0.504 e. The Morgan fingerprint density at radius 2 is 1.89 bits per heavy atom. The fraction of sp³-hybridized carbons (Fsp3) is 0.609. The Balaban J connectivity index is 1.35. The maximum Gasteiger partial charge on any atom is 0.338 e. The second-order valence-electron chi connectivity index (χ2n) is 9.18. The molecule has 4 aliphatic rings. The van der Waals surface area contributed by atoms with E-state index < -0.39 is 85.8 Å². The molecule has 3 fully saturated rings. The first kappa shape index (κ1) is 25.2. The molecule has 0 bridgehead atoms. The summed E-state index contributed by atoms with van der Waals surface area (Å²) >= 11 is 0. The third-order valence-electron chi connectivity index (χ3n) is 7.26. The van der Waals surface area contributed by atoms with E-state index >= 15 is 0 Å². The van der Waals surface area contributed by atoms with E-state index in [9.17, 15) is 35.4 Å². The number of hydrogen-bond acceptors (Lipinski definition) is 13. The molecule has 2 saturated heterocycles. The Hall–Kier alpha value is -2.49. The fourth-order valence-electron chi connectivity index (χ4n) is 5.28. The molecule has 0 spiro atoms. The third kappa shape index (κ3) is 3.92. The molecule has 1 aromatic rings. The van der Waals surface area contributed by atoms with E-state index in [2.05, 4.69) is 0 Å². The minimum atomic E-state index is -1.66. The van der Waals surface area contributed by atoms with Crippen LogP contribution in [0.25, 0.3) is 0 Å². The van der Waals surface area contributed by atoms with Crippen molar-refractivity contribution in [3.8, 4) is 11.5 Å². The zero-order valence-electron chi connectivity index (χ0n) is 19.1. The lowest BCUT2D eigenvalue weighted by atomic mass is 9.85. The van der Waals surface area contributed by atoms with Crippen molar-refractivity contribution in [2.75, 3.05) is 20.3 Å². The molecule has 3 aliphatic heterocycles. The van der Waals surface area contributed by atoms with Crippen molar-refractivity contribution in [2.45, 2.75) is 54.8 Å². The first-order valence-corrected chi connectivity index (χ1v) is 11.4. The predicted molar refractivity (Wildman–Crippen MR) is 114 cm³/mol. The zero-order chi connectivity index (χ0) is 25.8. The number of hydrogen-bond donors (Lipinski definition) is 6. The standard InChI is InChI=1S/C23H28O13/c1-31-12-6-9(2-3-11(12)26)20(30)34-18-10-4-5-32-21(14(10)23(8-25)19(18)36-23)35-22-17(29)16(28)15(27)13(7-24)33-22/h2-6,10,13-19,21-22,24-29H,7-8H2,1H3/t10-,13+,14-,15+,16-,17+,18-,19-,21-,22-,23+/m0/s1. The summed E-state index contributed by atoms with van der Waals surface area (Å²) in [4.78, 5) is 12.9. The molecule has 3 heterocycles. The summed E-state index contributed by atoms with van der Waals surface area (Å²) in [6, 6.07) is 4.02. The Kier molecular flexibility index (Phi) is 6.59. The van der Waals surface area contributed by atoms with Crippen LogP contribution in [0.5, 0.6) is 11.5 Å². The Labute approximate surface area is 205 Å². The molecule has 0 radical (unpaired) electrons. The number of fused-ring (bicyclic) bond motifs is 3. The van der Waals surface area contributed by atoms with E-state index in [-0.39, 0.29) is 17.1 Å². The molecule has 36 heavy (non-hydrogen) atoms. The Bertz CT molecular complexity index is 1010. The van der Waals surface area contributed by atoms with Crippen LogP contribution < -0.4 is 4.74 Å². The topological polar surface area (TPSA) is 197 Å². The number of aliphatic hydroxyl groups is 5. The SMILES string of the molecule is COc1cc(C(=O)O[C@H]2[C@H]3C=CO[C@@H](O[C@@H]4O[C@H](CO)[C@@H](O)[C@H](O)[C@H]4O)[C@H]3[C@@]3(CO)O[C@@H]23)ccc1O. The zero-order valence-corrected chi connectivity index (χ0v) is 19.1. The van der Waals surface area contributed by atoms with Gasteiger partial charge in [-0.1, -0.05) is 0 Å². The van der Waals surface area contributed by atoms with E-state index in [1.165, 1.54) is 31.6 Å². The van der Waals surface area contributed by atoms with Gasteiger partial charge in [0.15, 0.2) is 17.8 Å². The average Bonchev–Trinajstić information content (AvgIpc) is 3.56. The monoisotopic (exact) mass is 512 g/mol. The predicted octanol–water partition coefficient (Wildman–Crippen LogP) is -2.01. The van der Waals surface area contributed by atoms with E-state index in [1.54, 1.807) is 6.08 Å². The molecule has 1 aliphatic carbocycles. The van der Waals surface area contributed by atoms with Crippen LogP contribution in [0, 0.1) is 11.8 Å². The lowest BCUT2D eigenvalue weighted by Gasteiger charge is -2.43. The van der Waals surface area contributed by atoms with E-state index in [1.807, 2.05) is 0 Å². The molecular weight excluding hydrogens is 484 g/mol. The number of carbonyl (C=O) groups excluding carboxylic acids is 1. The van der Waals surface area contributed by atoms with Gasteiger partial charge in [-0.15, -0.1) is 0 Å². The van der Waals surface area contributed by atoms with Gasteiger partial charge >= 0.3 is 5.97 Å². The van der Waals surface area contributed by atoms with Gasteiger partial charge in [0.25, 0.3) is 0 Å². The molecule has 11 atom stereocenters. The fourth-order valence-corrected chi connectivity index (χ4v) is 5.28. The highest BCUT2D eigenvalue weighted by molar-refractivity contribution is 5.90. The van der Waals surface area contributed by atoms with Gasteiger partial charge in [-0.2, -0.15) is 0 Å². The minimum Gasteiger partial charge on any atom is -0.504 e. The van der Waals surface area contributed by atoms with Crippen molar-refractivity contribution in [3.63, 3.8) is 0 Å². The summed E-state index contributed by atoms with van der Waals surface area (Å²) in [5.41, 5.74) is -1.03. The number of phenols is 1. The number of rotatable bonds is 7. The molecule has 0 aromatic heterocycles. The van der Waals surface area contributed by atoms with Crippen molar-refractivity contribution in [2.24, 2.45) is 11.8 Å². The van der Waals surface area contributed by atoms with E-state index in [0.29, 0.717) is 0 Å². The average molecular weight is 512 g/mol. The molecule has 13 nitrogen and oxygen atoms in total. The van der Waals surface area contributed by atoms with Crippen LogP contribution in [0.1, 0.15) is 10.4 Å². The number of epoxide rings is 1. The van der Waals surface area contributed by atoms with Crippen molar-refractivity contribution >= 4 is 5.97 Å². The van der Waals surface area contributed by atoms with Gasteiger partial charge in [0.1, 0.15) is 42.2 Å². The number of aromatic hydroxyl groups is 1. The quantitative estimate of drug-likeness (QED) is 0.173. The van der Waals surface area contributed by atoms with Gasteiger partial charge in [-0.05, 0) is 24.3 Å². The Morgan fingerprint density at radius 3 is 2.58 bits per heavy atom. The van der Waals surface area contributed by atoms with Crippen molar-refractivity contribution in [1.82, 2.24) is 0 Å². The van der Waals surface area contributed by atoms with Gasteiger partial charge in [0.2, 0.25) is 6.29 Å². The maximum atomic E-state index is 12.9. The van der Waals surface area contributed by atoms with Crippen LogP contribution in [-0.2, 0) is 23.7 Å². The summed E-state index contributed by atoms with van der Waals surface area (Å²) in [5.74, 6) is -1.95. The van der Waals surface area contributed by atoms with Crippen LogP contribution in [0.15, 0.2) is 30.5 Å². The highest BCUT2D eigenvalue weighted by Gasteiger charge is 2.77. The normalized spacial score (nSPS) is 42.7. The number of benzene rings is 1. The number of methoxy groups -OCH3 is 1. The van der Waals surface area contributed by atoms with Crippen LogP contribution in [-0.4, -0.2) is 112 Å². The number of ether oxygens (including phenoxy) is 6. The molecule has 1 saturated carbocycles. The first-order chi connectivity index (χ1) is 17.2. The molecule has 5 rings (SSSR count). The minimum absolute atomic E-state index is 0.0973. The molecule has 1 aromatic carbocycles. The summed E-state index contributed by atoms with van der Waals surface area (Å²) in [7, 11) is 1.35. The number of esters is 1. The summed E-state index contributed by atoms with van der Waals surface area (Å²) < 4.78 is 33.4. The smallest absolute Gasteiger partial charge is 0.338 e. The van der Waals surface area contributed by atoms with Crippen LogP contribution in [0.2, 0.25) is 0 Å².